The Balaban J connectivity index is 1.53. The van der Waals surface area contributed by atoms with Crippen molar-refractivity contribution in [2.24, 2.45) is 5.92 Å². The number of hydrogen-bond donors (Lipinski definition) is 1. The van der Waals surface area contributed by atoms with Gasteiger partial charge in [0.2, 0.25) is 0 Å². The van der Waals surface area contributed by atoms with Crippen molar-refractivity contribution < 1.29 is 9.13 Å². The molecule has 4 heteroatoms. The minimum absolute atomic E-state index is 0.158. The van der Waals surface area contributed by atoms with Crippen molar-refractivity contribution in [1.82, 2.24) is 10.2 Å². The second kappa shape index (κ2) is 6.75. The highest BCUT2D eigenvalue weighted by atomic mass is 19.1. The van der Waals surface area contributed by atoms with E-state index in [0.29, 0.717) is 12.3 Å². The Morgan fingerprint density at radius 1 is 1.29 bits per heavy atom. The minimum Gasteiger partial charge on any atom is -0.497 e. The molecule has 1 aromatic carbocycles. The molecule has 2 heterocycles. The second-order valence-electron chi connectivity index (χ2n) is 6.27. The Labute approximate surface area is 126 Å². The second-order valence-corrected chi connectivity index (χ2v) is 6.27. The van der Waals surface area contributed by atoms with Gasteiger partial charge in [0.15, 0.2) is 0 Å². The average molecular weight is 292 g/mol. The SMILES string of the molecule is COc1ccc(CN2CCC(C3CCCN3)CC2)c(F)c1. The molecule has 21 heavy (non-hydrogen) atoms. The molecule has 3 rings (SSSR count). The molecule has 2 aliphatic heterocycles. The van der Waals surface area contributed by atoms with Crippen LogP contribution in [0.4, 0.5) is 4.39 Å². The minimum atomic E-state index is -0.158. The first-order valence-electron chi connectivity index (χ1n) is 8.04. The van der Waals surface area contributed by atoms with Gasteiger partial charge in [0.05, 0.1) is 7.11 Å². The molecule has 0 spiro atoms. The smallest absolute Gasteiger partial charge is 0.131 e. The molecule has 116 valence electrons. The molecule has 0 saturated carbocycles. The number of ether oxygens (including phenoxy) is 1. The lowest BCUT2D eigenvalue weighted by Crippen LogP contribution is -2.40. The molecular weight excluding hydrogens is 267 g/mol. The number of likely N-dealkylation sites (tertiary alicyclic amines) is 1. The van der Waals surface area contributed by atoms with Crippen molar-refractivity contribution in [2.45, 2.75) is 38.3 Å². The summed E-state index contributed by atoms with van der Waals surface area (Å²) in [5.41, 5.74) is 0.772. The van der Waals surface area contributed by atoms with Gasteiger partial charge in [-0.2, -0.15) is 0 Å². The van der Waals surface area contributed by atoms with E-state index in [1.807, 2.05) is 12.1 Å². The third-order valence-corrected chi connectivity index (χ3v) is 4.95. The fraction of sp³-hybridized carbons (Fsp3) is 0.647. The molecule has 0 amide bonds. The van der Waals surface area contributed by atoms with E-state index in [2.05, 4.69) is 10.2 Å². The van der Waals surface area contributed by atoms with E-state index in [4.69, 9.17) is 4.74 Å². The van der Waals surface area contributed by atoms with Crippen LogP contribution >= 0.6 is 0 Å². The normalized spacial score (nSPS) is 24.4. The van der Waals surface area contributed by atoms with Crippen LogP contribution in [0.5, 0.6) is 5.75 Å². The predicted molar refractivity (Wildman–Crippen MR) is 82.0 cm³/mol. The van der Waals surface area contributed by atoms with Crippen LogP contribution in [0.1, 0.15) is 31.2 Å². The van der Waals surface area contributed by atoms with Crippen LogP contribution in [0, 0.1) is 11.7 Å². The Morgan fingerprint density at radius 3 is 2.71 bits per heavy atom. The third-order valence-electron chi connectivity index (χ3n) is 4.95. The molecule has 2 saturated heterocycles. The number of piperidine rings is 1. The Kier molecular flexibility index (Phi) is 4.76. The summed E-state index contributed by atoms with van der Waals surface area (Å²) in [6.45, 7) is 4.05. The summed E-state index contributed by atoms with van der Waals surface area (Å²) >= 11 is 0. The zero-order chi connectivity index (χ0) is 14.7. The van der Waals surface area contributed by atoms with Crippen LogP contribution < -0.4 is 10.1 Å². The number of rotatable bonds is 4. The van der Waals surface area contributed by atoms with Crippen LogP contribution in [0.2, 0.25) is 0 Å². The number of methoxy groups -OCH3 is 1. The van der Waals surface area contributed by atoms with Crippen molar-refractivity contribution in [2.75, 3.05) is 26.7 Å². The van der Waals surface area contributed by atoms with Crippen LogP contribution in [-0.2, 0) is 6.54 Å². The first-order chi connectivity index (χ1) is 10.3. The van der Waals surface area contributed by atoms with Crippen LogP contribution in [0.15, 0.2) is 18.2 Å². The summed E-state index contributed by atoms with van der Waals surface area (Å²) in [7, 11) is 1.57. The lowest BCUT2D eigenvalue weighted by Gasteiger charge is -2.35. The van der Waals surface area contributed by atoms with Gasteiger partial charge in [-0.1, -0.05) is 6.07 Å². The number of nitrogens with one attached hydrogen (secondary N) is 1. The fourth-order valence-corrected chi connectivity index (χ4v) is 3.65. The Bertz CT molecular complexity index is 466. The number of nitrogens with zero attached hydrogens (tertiary/aromatic N) is 1. The maximum atomic E-state index is 14.0. The van der Waals surface area contributed by atoms with E-state index in [1.54, 1.807) is 7.11 Å². The molecule has 1 atom stereocenters. The quantitative estimate of drug-likeness (QED) is 0.923. The summed E-state index contributed by atoms with van der Waals surface area (Å²) in [6.07, 6.45) is 5.12. The highest BCUT2D eigenvalue weighted by molar-refractivity contribution is 5.28. The molecule has 0 aliphatic carbocycles. The first-order valence-corrected chi connectivity index (χ1v) is 8.04. The molecule has 0 radical (unpaired) electrons. The lowest BCUT2D eigenvalue weighted by molar-refractivity contribution is 0.156. The van der Waals surface area contributed by atoms with Gasteiger partial charge in [-0.15, -0.1) is 0 Å². The van der Waals surface area contributed by atoms with Crippen LogP contribution in [-0.4, -0.2) is 37.7 Å². The molecular formula is C17H25FN2O. The Hall–Kier alpha value is -1.13. The van der Waals surface area contributed by atoms with Gasteiger partial charge in [-0.3, -0.25) is 4.90 Å². The van der Waals surface area contributed by atoms with Crippen molar-refractivity contribution in [3.63, 3.8) is 0 Å². The first kappa shape index (κ1) is 14.8. The molecule has 1 aromatic rings. The van der Waals surface area contributed by atoms with E-state index in [1.165, 1.54) is 38.3 Å². The highest BCUT2D eigenvalue weighted by Crippen LogP contribution is 2.27. The molecule has 2 fully saturated rings. The van der Waals surface area contributed by atoms with Crippen molar-refractivity contribution >= 4 is 0 Å². The topological polar surface area (TPSA) is 24.5 Å². The summed E-state index contributed by atoms with van der Waals surface area (Å²) in [5, 5.41) is 3.62. The summed E-state index contributed by atoms with van der Waals surface area (Å²) < 4.78 is 19.0. The molecule has 1 unspecified atom stereocenters. The van der Waals surface area contributed by atoms with E-state index in [9.17, 15) is 4.39 Å². The monoisotopic (exact) mass is 292 g/mol. The van der Waals surface area contributed by atoms with Gasteiger partial charge in [0.1, 0.15) is 11.6 Å². The standard InChI is InChI=1S/C17H25FN2O/c1-21-15-5-4-14(16(18)11-15)12-20-9-6-13(7-10-20)17-3-2-8-19-17/h4-5,11,13,17,19H,2-3,6-10,12H2,1H3. The predicted octanol–water partition coefficient (Wildman–Crippen LogP) is 2.80. The number of hydrogen-bond acceptors (Lipinski definition) is 3. The molecule has 3 nitrogen and oxygen atoms in total. The molecule has 2 aliphatic rings. The third kappa shape index (κ3) is 3.55. The summed E-state index contributed by atoms with van der Waals surface area (Å²) in [6, 6.07) is 5.89. The van der Waals surface area contributed by atoms with Crippen molar-refractivity contribution in [3.05, 3.63) is 29.6 Å². The van der Waals surface area contributed by atoms with Crippen LogP contribution in [0.25, 0.3) is 0 Å². The van der Waals surface area contributed by atoms with Crippen molar-refractivity contribution in [1.29, 1.82) is 0 Å². The zero-order valence-corrected chi connectivity index (χ0v) is 12.8. The molecule has 1 N–H and O–H groups in total. The van der Waals surface area contributed by atoms with E-state index >= 15 is 0 Å². The fourth-order valence-electron chi connectivity index (χ4n) is 3.65. The zero-order valence-electron chi connectivity index (χ0n) is 12.8. The van der Waals surface area contributed by atoms with Gasteiger partial charge in [-0.05, 0) is 57.3 Å². The van der Waals surface area contributed by atoms with Gasteiger partial charge in [0, 0.05) is 24.2 Å². The largest absolute Gasteiger partial charge is 0.497 e. The number of halogens is 1. The summed E-state index contributed by atoms with van der Waals surface area (Å²) in [5.74, 6) is 1.24. The van der Waals surface area contributed by atoms with E-state index in [-0.39, 0.29) is 5.82 Å². The van der Waals surface area contributed by atoms with E-state index < -0.39 is 0 Å². The lowest BCUT2D eigenvalue weighted by atomic mass is 9.88. The maximum Gasteiger partial charge on any atom is 0.131 e. The number of benzene rings is 1. The van der Waals surface area contributed by atoms with Gasteiger partial charge in [-0.25, -0.2) is 4.39 Å². The van der Waals surface area contributed by atoms with Gasteiger partial charge in [0.25, 0.3) is 0 Å². The summed E-state index contributed by atoms with van der Waals surface area (Å²) in [4.78, 5) is 2.37. The average Bonchev–Trinajstić information content (AvgIpc) is 3.04. The van der Waals surface area contributed by atoms with Crippen molar-refractivity contribution in [3.8, 4) is 5.75 Å². The Morgan fingerprint density at radius 2 is 2.10 bits per heavy atom. The maximum absolute atomic E-state index is 14.0. The highest BCUT2D eigenvalue weighted by Gasteiger charge is 2.28. The van der Waals surface area contributed by atoms with Gasteiger partial charge < -0.3 is 10.1 Å². The van der Waals surface area contributed by atoms with Crippen LogP contribution in [0.3, 0.4) is 0 Å². The van der Waals surface area contributed by atoms with E-state index in [0.717, 1.165) is 30.6 Å². The van der Waals surface area contributed by atoms with Gasteiger partial charge >= 0.3 is 0 Å². The molecule has 0 bridgehead atoms. The molecule has 0 aromatic heterocycles.